The molecule has 0 atom stereocenters. The Kier molecular flexibility index (Phi) is 5.77. The molecule has 16 heavy (non-hydrogen) atoms. The molecular weight excluding hydrogens is 200 g/mol. The minimum absolute atomic E-state index is 0.268. The van der Waals surface area contributed by atoms with Crippen LogP contribution in [0.1, 0.15) is 54.4 Å². The lowest BCUT2D eigenvalue weighted by molar-refractivity contribution is -0.168. The van der Waals surface area contributed by atoms with Crippen molar-refractivity contribution in [3.63, 3.8) is 0 Å². The monoisotopic (exact) mass is 226 g/mol. The van der Waals surface area contributed by atoms with E-state index < -0.39 is 0 Å². The van der Waals surface area contributed by atoms with E-state index in [1.807, 2.05) is 0 Å². The second-order valence-electron chi connectivity index (χ2n) is 5.18. The van der Waals surface area contributed by atoms with Gasteiger partial charge in [0.1, 0.15) is 5.60 Å². The average molecular weight is 226 g/mol. The summed E-state index contributed by atoms with van der Waals surface area (Å²) in [6, 6.07) is 0. The molecule has 0 N–H and O–H groups in total. The lowest BCUT2D eigenvalue weighted by Gasteiger charge is -2.40. The SMILES string of the molecule is C=C(C)C(=O)OC(CCC)(C(C)C)C(C)C. The van der Waals surface area contributed by atoms with Crippen molar-refractivity contribution in [2.75, 3.05) is 0 Å². The van der Waals surface area contributed by atoms with Gasteiger partial charge >= 0.3 is 5.97 Å². The fourth-order valence-electron chi connectivity index (χ4n) is 2.18. The molecule has 94 valence electrons. The van der Waals surface area contributed by atoms with Gasteiger partial charge in [0.2, 0.25) is 0 Å². The minimum atomic E-state index is -0.356. The van der Waals surface area contributed by atoms with Crippen molar-refractivity contribution < 1.29 is 9.53 Å². The maximum atomic E-state index is 11.7. The first-order chi connectivity index (χ1) is 7.27. The van der Waals surface area contributed by atoms with Gasteiger partial charge in [0.05, 0.1) is 0 Å². The predicted octanol–water partition coefficient (Wildman–Crippen LogP) is 3.96. The van der Waals surface area contributed by atoms with Crippen molar-refractivity contribution in [1.82, 2.24) is 0 Å². The highest BCUT2D eigenvalue weighted by molar-refractivity contribution is 5.87. The van der Waals surface area contributed by atoms with Gasteiger partial charge in [-0.1, -0.05) is 47.6 Å². The molecule has 0 spiro atoms. The Morgan fingerprint density at radius 2 is 1.69 bits per heavy atom. The highest BCUT2D eigenvalue weighted by atomic mass is 16.6. The van der Waals surface area contributed by atoms with Crippen molar-refractivity contribution >= 4 is 5.97 Å². The summed E-state index contributed by atoms with van der Waals surface area (Å²) in [4.78, 5) is 11.7. The summed E-state index contributed by atoms with van der Waals surface area (Å²) in [6.07, 6.45) is 1.92. The largest absolute Gasteiger partial charge is 0.455 e. The summed E-state index contributed by atoms with van der Waals surface area (Å²) in [5.41, 5.74) is 0.118. The molecular formula is C14H26O2. The maximum absolute atomic E-state index is 11.7. The molecule has 0 bridgehead atoms. The number of carbonyl (C=O) groups excluding carboxylic acids is 1. The zero-order valence-corrected chi connectivity index (χ0v) is 11.6. The molecule has 2 nitrogen and oxygen atoms in total. The van der Waals surface area contributed by atoms with Crippen LogP contribution in [0.15, 0.2) is 12.2 Å². The third kappa shape index (κ3) is 3.36. The fraction of sp³-hybridized carbons (Fsp3) is 0.786. The fourth-order valence-corrected chi connectivity index (χ4v) is 2.18. The molecule has 0 fully saturated rings. The van der Waals surface area contributed by atoms with Gasteiger partial charge < -0.3 is 4.74 Å². The first kappa shape index (κ1) is 15.2. The first-order valence-electron chi connectivity index (χ1n) is 6.16. The first-order valence-corrected chi connectivity index (χ1v) is 6.16. The quantitative estimate of drug-likeness (QED) is 0.506. The van der Waals surface area contributed by atoms with Gasteiger partial charge in [-0.05, 0) is 25.2 Å². The second-order valence-corrected chi connectivity index (χ2v) is 5.18. The topological polar surface area (TPSA) is 26.3 Å². The molecule has 2 heteroatoms. The smallest absolute Gasteiger partial charge is 0.333 e. The van der Waals surface area contributed by atoms with Crippen LogP contribution in [0.5, 0.6) is 0 Å². The molecule has 0 aliphatic carbocycles. The summed E-state index contributed by atoms with van der Waals surface area (Å²) < 4.78 is 5.72. The van der Waals surface area contributed by atoms with Gasteiger partial charge in [-0.2, -0.15) is 0 Å². The van der Waals surface area contributed by atoms with E-state index in [0.717, 1.165) is 12.8 Å². The Balaban J connectivity index is 5.03. The van der Waals surface area contributed by atoms with Gasteiger partial charge in [0.25, 0.3) is 0 Å². The molecule has 0 saturated heterocycles. The van der Waals surface area contributed by atoms with E-state index in [1.54, 1.807) is 6.92 Å². The molecule has 0 aromatic heterocycles. The van der Waals surface area contributed by atoms with E-state index in [2.05, 4.69) is 41.2 Å². The molecule has 0 aromatic rings. The van der Waals surface area contributed by atoms with E-state index in [1.165, 1.54) is 0 Å². The van der Waals surface area contributed by atoms with Crippen molar-refractivity contribution in [1.29, 1.82) is 0 Å². The van der Waals surface area contributed by atoms with Crippen LogP contribution < -0.4 is 0 Å². The maximum Gasteiger partial charge on any atom is 0.333 e. The summed E-state index contributed by atoms with van der Waals surface area (Å²) in [6.45, 7) is 15.9. The molecule has 0 saturated carbocycles. The van der Waals surface area contributed by atoms with Crippen LogP contribution in [-0.4, -0.2) is 11.6 Å². The Bertz CT molecular complexity index is 243. The van der Waals surface area contributed by atoms with E-state index in [4.69, 9.17) is 4.74 Å². The summed E-state index contributed by atoms with van der Waals surface area (Å²) in [5, 5.41) is 0. The third-order valence-corrected chi connectivity index (χ3v) is 3.23. The van der Waals surface area contributed by atoms with Gasteiger partial charge in [-0.25, -0.2) is 4.79 Å². The second kappa shape index (κ2) is 6.07. The highest BCUT2D eigenvalue weighted by Crippen LogP contribution is 2.35. The molecule has 0 aliphatic heterocycles. The Morgan fingerprint density at radius 3 is 1.94 bits per heavy atom. The summed E-state index contributed by atoms with van der Waals surface area (Å²) >= 11 is 0. The number of hydrogen-bond donors (Lipinski definition) is 0. The molecule has 0 radical (unpaired) electrons. The Morgan fingerprint density at radius 1 is 1.25 bits per heavy atom. The predicted molar refractivity (Wildman–Crippen MR) is 68.2 cm³/mol. The Labute approximate surface area is 100 Å². The number of carbonyl (C=O) groups is 1. The van der Waals surface area contributed by atoms with Crippen molar-refractivity contribution in [2.24, 2.45) is 11.8 Å². The summed E-state index contributed by atoms with van der Waals surface area (Å²) in [5.74, 6) is 0.363. The van der Waals surface area contributed by atoms with Gasteiger partial charge in [0.15, 0.2) is 0 Å². The molecule has 0 aromatic carbocycles. The van der Waals surface area contributed by atoms with Gasteiger partial charge in [-0.15, -0.1) is 0 Å². The van der Waals surface area contributed by atoms with E-state index >= 15 is 0 Å². The molecule has 0 unspecified atom stereocenters. The van der Waals surface area contributed by atoms with Crippen LogP contribution in [0.3, 0.4) is 0 Å². The highest BCUT2D eigenvalue weighted by Gasteiger charge is 2.40. The van der Waals surface area contributed by atoms with Crippen LogP contribution in [0.2, 0.25) is 0 Å². The van der Waals surface area contributed by atoms with Crippen LogP contribution in [0.25, 0.3) is 0 Å². The van der Waals surface area contributed by atoms with Crippen molar-refractivity contribution in [3.05, 3.63) is 12.2 Å². The Hall–Kier alpha value is -0.790. The number of rotatable bonds is 6. The van der Waals surface area contributed by atoms with Crippen molar-refractivity contribution in [2.45, 2.75) is 60.0 Å². The lowest BCUT2D eigenvalue weighted by atomic mass is 9.77. The summed E-state index contributed by atoms with van der Waals surface area (Å²) in [7, 11) is 0. The van der Waals surface area contributed by atoms with E-state index in [-0.39, 0.29) is 11.6 Å². The van der Waals surface area contributed by atoms with Crippen LogP contribution >= 0.6 is 0 Å². The number of ether oxygens (including phenoxy) is 1. The molecule has 0 heterocycles. The third-order valence-electron chi connectivity index (χ3n) is 3.23. The van der Waals surface area contributed by atoms with Gasteiger partial charge in [0, 0.05) is 5.57 Å². The van der Waals surface area contributed by atoms with Crippen molar-refractivity contribution in [3.8, 4) is 0 Å². The minimum Gasteiger partial charge on any atom is -0.455 e. The normalized spacial score (nSPS) is 12.0. The molecule has 0 amide bonds. The zero-order valence-electron chi connectivity index (χ0n) is 11.6. The number of esters is 1. The van der Waals surface area contributed by atoms with Crippen LogP contribution in [-0.2, 0) is 9.53 Å². The lowest BCUT2D eigenvalue weighted by Crippen LogP contribution is -2.45. The number of hydrogen-bond acceptors (Lipinski definition) is 2. The molecule has 0 aliphatic rings. The van der Waals surface area contributed by atoms with E-state index in [0.29, 0.717) is 17.4 Å². The molecule has 0 rings (SSSR count). The average Bonchev–Trinajstić information content (AvgIpc) is 2.15. The standard InChI is InChI=1S/C14H26O2/c1-8-9-14(11(4)5,12(6)7)16-13(15)10(2)3/h11-12H,2,8-9H2,1,3-7H3. The zero-order chi connectivity index (χ0) is 12.9. The van der Waals surface area contributed by atoms with Crippen LogP contribution in [0.4, 0.5) is 0 Å². The van der Waals surface area contributed by atoms with Crippen LogP contribution in [0, 0.1) is 11.8 Å². The van der Waals surface area contributed by atoms with E-state index in [9.17, 15) is 4.79 Å². The van der Waals surface area contributed by atoms with Gasteiger partial charge in [-0.3, -0.25) is 0 Å².